The van der Waals surface area contributed by atoms with Gasteiger partial charge in [0.2, 0.25) is 15.2 Å². The van der Waals surface area contributed by atoms with Crippen molar-refractivity contribution in [3.8, 4) is 10.8 Å². The molecule has 3 aromatic rings. The fourth-order valence-corrected chi connectivity index (χ4v) is 5.33. The van der Waals surface area contributed by atoms with Crippen molar-refractivity contribution in [3.05, 3.63) is 47.2 Å². The first-order valence-electron chi connectivity index (χ1n) is 8.51. The minimum Gasteiger partial charge on any atom is -0.462 e. The van der Waals surface area contributed by atoms with Crippen molar-refractivity contribution in [2.24, 2.45) is 0 Å². The number of hydrogen-bond acceptors (Lipinski definition) is 8. The van der Waals surface area contributed by atoms with E-state index in [4.69, 9.17) is 20.8 Å². The van der Waals surface area contributed by atoms with E-state index in [-0.39, 0.29) is 33.7 Å². The van der Waals surface area contributed by atoms with Crippen LogP contribution >= 0.6 is 22.9 Å². The highest BCUT2D eigenvalue weighted by atomic mass is 35.5. The van der Waals surface area contributed by atoms with E-state index in [2.05, 4.69) is 15.5 Å². The number of sulfonamides is 1. The number of rotatable bonds is 5. The Kier molecular flexibility index (Phi) is 5.65. The summed E-state index contributed by atoms with van der Waals surface area (Å²) in [6.45, 7) is 1.09. The molecule has 1 aliphatic heterocycles. The first kappa shape index (κ1) is 20.0. The van der Waals surface area contributed by atoms with Crippen LogP contribution < -0.4 is 5.32 Å². The first-order valence-corrected chi connectivity index (χ1v) is 11.1. The number of amides is 1. The number of morpholine rings is 1. The second-order valence-corrected chi connectivity index (χ2v) is 9.30. The second kappa shape index (κ2) is 8.20. The molecule has 0 aliphatic carbocycles. The monoisotopic (exact) mass is 454 g/mol. The summed E-state index contributed by atoms with van der Waals surface area (Å²) >= 11 is 7.26. The van der Waals surface area contributed by atoms with Gasteiger partial charge in [-0.15, -0.1) is 10.2 Å². The number of nitrogens with one attached hydrogen (secondary N) is 1. The zero-order chi connectivity index (χ0) is 20.4. The van der Waals surface area contributed by atoms with Gasteiger partial charge in [-0.05, 0) is 30.3 Å². The molecule has 12 heteroatoms. The van der Waals surface area contributed by atoms with Gasteiger partial charge in [0.1, 0.15) is 4.90 Å². The van der Waals surface area contributed by atoms with Crippen LogP contribution in [0.25, 0.3) is 10.8 Å². The summed E-state index contributed by atoms with van der Waals surface area (Å²) in [5.41, 5.74) is 0.135. The normalized spacial score (nSPS) is 15.3. The molecule has 1 saturated heterocycles. The predicted molar refractivity (Wildman–Crippen MR) is 107 cm³/mol. The minimum absolute atomic E-state index is 0.0454. The number of furan rings is 1. The van der Waals surface area contributed by atoms with Gasteiger partial charge >= 0.3 is 0 Å². The van der Waals surface area contributed by atoms with Gasteiger partial charge in [0, 0.05) is 18.7 Å². The summed E-state index contributed by atoms with van der Waals surface area (Å²) in [4.78, 5) is 12.5. The van der Waals surface area contributed by atoms with Gasteiger partial charge in [0.25, 0.3) is 5.91 Å². The van der Waals surface area contributed by atoms with Gasteiger partial charge in [-0.2, -0.15) is 4.31 Å². The van der Waals surface area contributed by atoms with Crippen LogP contribution in [0.5, 0.6) is 0 Å². The smallest absolute Gasteiger partial charge is 0.257 e. The van der Waals surface area contributed by atoms with E-state index in [1.165, 1.54) is 28.8 Å². The fourth-order valence-electron chi connectivity index (χ4n) is 2.71. The van der Waals surface area contributed by atoms with E-state index in [1.54, 1.807) is 12.1 Å². The Bertz CT molecular complexity index is 1120. The molecule has 29 heavy (non-hydrogen) atoms. The molecule has 2 aromatic heterocycles. The standard InChI is InChI=1S/C17H15ClN4O5S2/c18-12-4-3-11(10-14(12)29(24,25)22-5-8-26-9-6-22)15(23)19-17-21-20-16(28-17)13-2-1-7-27-13/h1-4,7,10H,5-6,8-9H2,(H,19,21,23). The Morgan fingerprint density at radius 2 is 2.00 bits per heavy atom. The van der Waals surface area contributed by atoms with E-state index in [0.29, 0.717) is 24.0 Å². The number of halogens is 1. The molecular formula is C17H15ClN4O5S2. The molecule has 1 N–H and O–H groups in total. The number of aromatic nitrogens is 2. The van der Waals surface area contributed by atoms with Crippen molar-refractivity contribution in [2.75, 3.05) is 31.6 Å². The third-order valence-corrected chi connectivity index (χ3v) is 7.39. The zero-order valence-electron chi connectivity index (χ0n) is 14.9. The molecule has 0 unspecified atom stereocenters. The van der Waals surface area contributed by atoms with Crippen LogP contribution in [0.3, 0.4) is 0 Å². The van der Waals surface area contributed by atoms with Crippen LogP contribution in [0, 0.1) is 0 Å². The molecule has 9 nitrogen and oxygen atoms in total. The van der Waals surface area contributed by atoms with Crippen molar-refractivity contribution >= 4 is 44.0 Å². The topological polar surface area (TPSA) is 115 Å². The first-order chi connectivity index (χ1) is 13.9. The quantitative estimate of drug-likeness (QED) is 0.630. The van der Waals surface area contributed by atoms with Crippen LogP contribution in [-0.4, -0.2) is 55.1 Å². The van der Waals surface area contributed by atoms with Gasteiger partial charge < -0.3 is 9.15 Å². The molecule has 0 saturated carbocycles. The number of hydrogen-bond donors (Lipinski definition) is 1. The van der Waals surface area contributed by atoms with E-state index in [0.717, 1.165) is 11.3 Å². The fraction of sp³-hybridized carbons (Fsp3) is 0.235. The van der Waals surface area contributed by atoms with Crippen LogP contribution in [0.15, 0.2) is 45.9 Å². The van der Waals surface area contributed by atoms with Gasteiger partial charge in [-0.1, -0.05) is 22.9 Å². The highest BCUT2D eigenvalue weighted by molar-refractivity contribution is 7.89. The van der Waals surface area contributed by atoms with Gasteiger partial charge in [-0.25, -0.2) is 8.42 Å². The average molecular weight is 455 g/mol. The number of ether oxygens (including phenoxy) is 1. The van der Waals surface area contributed by atoms with E-state index in [9.17, 15) is 13.2 Å². The van der Waals surface area contributed by atoms with E-state index < -0.39 is 15.9 Å². The molecule has 1 aliphatic rings. The average Bonchev–Trinajstić information content (AvgIpc) is 3.40. The zero-order valence-corrected chi connectivity index (χ0v) is 17.3. The SMILES string of the molecule is O=C(Nc1nnc(-c2ccco2)s1)c1ccc(Cl)c(S(=O)(=O)N2CCOCC2)c1. The summed E-state index contributed by atoms with van der Waals surface area (Å²) in [5, 5.41) is 11.3. The summed E-state index contributed by atoms with van der Waals surface area (Å²) in [7, 11) is -3.84. The lowest BCUT2D eigenvalue weighted by Crippen LogP contribution is -2.40. The molecular weight excluding hydrogens is 440 g/mol. The molecule has 0 atom stereocenters. The van der Waals surface area contributed by atoms with Gasteiger partial charge in [0.15, 0.2) is 10.8 Å². The molecule has 0 radical (unpaired) electrons. The molecule has 1 fully saturated rings. The van der Waals surface area contributed by atoms with Crippen molar-refractivity contribution < 1.29 is 22.4 Å². The molecule has 0 bridgehead atoms. The third-order valence-electron chi connectivity index (χ3n) is 4.16. The van der Waals surface area contributed by atoms with Crippen molar-refractivity contribution in [2.45, 2.75) is 4.90 Å². The number of nitrogens with zero attached hydrogens (tertiary/aromatic N) is 3. The molecule has 4 rings (SSSR count). The lowest BCUT2D eigenvalue weighted by molar-refractivity contribution is 0.0730. The Morgan fingerprint density at radius 1 is 1.21 bits per heavy atom. The number of benzene rings is 1. The van der Waals surface area contributed by atoms with Crippen LogP contribution in [0.1, 0.15) is 10.4 Å². The molecule has 1 aromatic carbocycles. The highest BCUT2D eigenvalue weighted by Gasteiger charge is 2.29. The molecule has 3 heterocycles. The van der Waals surface area contributed by atoms with Crippen LogP contribution in [0.4, 0.5) is 5.13 Å². The Balaban J connectivity index is 1.56. The minimum atomic E-state index is -3.84. The number of anilines is 1. The van der Waals surface area contributed by atoms with Gasteiger partial charge in [-0.3, -0.25) is 10.1 Å². The van der Waals surface area contributed by atoms with Crippen molar-refractivity contribution in [3.63, 3.8) is 0 Å². The maximum Gasteiger partial charge on any atom is 0.257 e. The molecule has 152 valence electrons. The predicted octanol–water partition coefficient (Wildman–Crippen LogP) is 2.72. The van der Waals surface area contributed by atoms with Gasteiger partial charge in [0.05, 0.1) is 24.5 Å². The maximum atomic E-state index is 12.9. The van der Waals surface area contributed by atoms with Crippen LogP contribution in [0.2, 0.25) is 5.02 Å². The second-order valence-electron chi connectivity index (χ2n) is 6.01. The lowest BCUT2D eigenvalue weighted by atomic mass is 10.2. The lowest BCUT2D eigenvalue weighted by Gasteiger charge is -2.26. The Morgan fingerprint density at radius 3 is 2.72 bits per heavy atom. The summed E-state index contributed by atoms with van der Waals surface area (Å²) in [6, 6.07) is 7.55. The number of carbonyl (C=O) groups excluding carboxylic acids is 1. The summed E-state index contributed by atoms with van der Waals surface area (Å²) in [6.07, 6.45) is 1.51. The molecule has 0 spiro atoms. The van der Waals surface area contributed by atoms with Crippen LogP contribution in [-0.2, 0) is 14.8 Å². The third kappa shape index (κ3) is 4.19. The number of carbonyl (C=O) groups is 1. The maximum absolute atomic E-state index is 12.9. The van der Waals surface area contributed by atoms with E-state index in [1.807, 2.05) is 0 Å². The highest BCUT2D eigenvalue weighted by Crippen LogP contribution is 2.29. The molecule has 1 amide bonds. The largest absolute Gasteiger partial charge is 0.462 e. The Labute approximate surface area is 175 Å². The van der Waals surface area contributed by atoms with E-state index >= 15 is 0 Å². The summed E-state index contributed by atoms with van der Waals surface area (Å²) in [5.74, 6) is 0.00983. The van der Waals surface area contributed by atoms with Crippen molar-refractivity contribution in [1.82, 2.24) is 14.5 Å². The Hall–Kier alpha value is -2.31. The van der Waals surface area contributed by atoms with Crippen molar-refractivity contribution in [1.29, 1.82) is 0 Å². The summed E-state index contributed by atoms with van der Waals surface area (Å²) < 4.78 is 37.5.